The summed E-state index contributed by atoms with van der Waals surface area (Å²) >= 11 is 5.01. The Morgan fingerprint density at radius 2 is 2.17 bits per heavy atom. The van der Waals surface area contributed by atoms with E-state index >= 15 is 0 Å². The molecule has 18 heavy (non-hydrogen) atoms. The lowest BCUT2D eigenvalue weighted by Gasteiger charge is -2.17. The van der Waals surface area contributed by atoms with Crippen LogP contribution in [0.25, 0.3) is 0 Å². The number of carbonyl (C=O) groups is 1. The summed E-state index contributed by atoms with van der Waals surface area (Å²) in [5, 5.41) is 3.12. The maximum Gasteiger partial charge on any atom is 0.241 e. The summed E-state index contributed by atoms with van der Waals surface area (Å²) in [6, 6.07) is 5.71. The maximum absolute atomic E-state index is 11.7. The van der Waals surface area contributed by atoms with Gasteiger partial charge in [0, 0.05) is 24.8 Å². The Bertz CT molecular complexity index is 460. The molecule has 1 amide bonds. The fourth-order valence-electron chi connectivity index (χ4n) is 1.58. The summed E-state index contributed by atoms with van der Waals surface area (Å²) in [5.74, 6) is 0.0367. The van der Waals surface area contributed by atoms with Crippen LogP contribution in [0.1, 0.15) is 18.1 Å². The number of hydrogen-bond donors (Lipinski definition) is 2. The van der Waals surface area contributed by atoms with Gasteiger partial charge in [-0.15, -0.1) is 0 Å². The van der Waals surface area contributed by atoms with Crippen molar-refractivity contribution in [2.24, 2.45) is 5.73 Å². The SMILES string of the molecule is CCN(C)C(=O)CNc1c(C)cccc1C(N)=S. The molecule has 0 fully saturated rings. The molecule has 0 aromatic heterocycles. The van der Waals surface area contributed by atoms with Crippen LogP contribution < -0.4 is 11.1 Å². The molecule has 4 nitrogen and oxygen atoms in total. The summed E-state index contributed by atoms with van der Waals surface area (Å²) in [7, 11) is 1.77. The van der Waals surface area contributed by atoms with Crippen molar-refractivity contribution < 1.29 is 4.79 Å². The highest BCUT2D eigenvalue weighted by Gasteiger charge is 2.11. The molecule has 1 rings (SSSR count). The molecule has 1 aromatic carbocycles. The Morgan fingerprint density at radius 1 is 1.50 bits per heavy atom. The molecule has 1 aromatic rings. The summed E-state index contributed by atoms with van der Waals surface area (Å²) in [5.41, 5.74) is 8.30. The molecule has 5 heteroatoms. The number of amides is 1. The molecule has 0 saturated carbocycles. The van der Waals surface area contributed by atoms with Crippen molar-refractivity contribution in [3.05, 3.63) is 29.3 Å². The lowest BCUT2D eigenvalue weighted by atomic mass is 10.1. The largest absolute Gasteiger partial charge is 0.389 e. The molecular weight excluding hydrogens is 246 g/mol. The van der Waals surface area contributed by atoms with Crippen LogP contribution in [0.2, 0.25) is 0 Å². The minimum Gasteiger partial charge on any atom is -0.389 e. The first-order valence-corrected chi connectivity index (χ1v) is 6.25. The Kier molecular flexibility index (Phi) is 5.09. The van der Waals surface area contributed by atoms with Gasteiger partial charge in [-0.25, -0.2) is 0 Å². The lowest BCUT2D eigenvalue weighted by molar-refractivity contribution is -0.127. The number of para-hydroxylation sites is 1. The van der Waals surface area contributed by atoms with Gasteiger partial charge in [0.25, 0.3) is 0 Å². The summed E-state index contributed by atoms with van der Waals surface area (Å²) < 4.78 is 0. The van der Waals surface area contributed by atoms with E-state index in [0.717, 1.165) is 16.8 Å². The van der Waals surface area contributed by atoms with E-state index in [0.29, 0.717) is 11.5 Å². The Balaban J connectivity index is 2.84. The highest BCUT2D eigenvalue weighted by molar-refractivity contribution is 7.80. The third kappa shape index (κ3) is 3.43. The second-order valence-corrected chi connectivity index (χ2v) is 4.56. The standard InChI is InChI=1S/C13H19N3OS/c1-4-16(3)11(17)8-15-12-9(2)6-5-7-10(12)13(14)18/h5-7,15H,4,8H2,1-3H3,(H2,14,18). The second-order valence-electron chi connectivity index (χ2n) is 4.12. The molecule has 98 valence electrons. The molecular formula is C13H19N3OS. The van der Waals surface area contributed by atoms with E-state index in [1.807, 2.05) is 32.0 Å². The van der Waals surface area contributed by atoms with Crippen molar-refractivity contribution in [3.63, 3.8) is 0 Å². The number of rotatable bonds is 5. The van der Waals surface area contributed by atoms with Gasteiger partial charge in [-0.05, 0) is 25.5 Å². The number of hydrogen-bond acceptors (Lipinski definition) is 3. The van der Waals surface area contributed by atoms with Gasteiger partial charge >= 0.3 is 0 Å². The minimum absolute atomic E-state index is 0.0367. The summed E-state index contributed by atoms with van der Waals surface area (Å²) in [6.45, 7) is 4.82. The summed E-state index contributed by atoms with van der Waals surface area (Å²) in [4.78, 5) is 13.7. The van der Waals surface area contributed by atoms with Crippen LogP contribution in [-0.2, 0) is 4.79 Å². The van der Waals surface area contributed by atoms with Crippen LogP contribution in [-0.4, -0.2) is 35.9 Å². The van der Waals surface area contributed by atoms with E-state index in [4.69, 9.17) is 18.0 Å². The van der Waals surface area contributed by atoms with Crippen molar-refractivity contribution >= 4 is 28.8 Å². The first kappa shape index (κ1) is 14.4. The molecule has 3 N–H and O–H groups in total. The predicted molar refractivity (Wildman–Crippen MR) is 78.9 cm³/mol. The van der Waals surface area contributed by atoms with Gasteiger partial charge in [-0.1, -0.05) is 24.4 Å². The lowest BCUT2D eigenvalue weighted by Crippen LogP contribution is -2.32. The first-order chi connectivity index (χ1) is 8.47. The smallest absolute Gasteiger partial charge is 0.241 e. The van der Waals surface area contributed by atoms with Gasteiger partial charge in [-0.3, -0.25) is 4.79 Å². The number of nitrogens with two attached hydrogens (primary N) is 1. The van der Waals surface area contributed by atoms with Crippen LogP contribution in [0.5, 0.6) is 0 Å². The van der Waals surface area contributed by atoms with Crippen molar-refractivity contribution in [2.75, 3.05) is 25.5 Å². The molecule has 0 aliphatic heterocycles. The molecule has 0 bridgehead atoms. The average Bonchev–Trinajstić information content (AvgIpc) is 2.35. The van der Waals surface area contributed by atoms with Crippen molar-refractivity contribution in [1.82, 2.24) is 4.90 Å². The highest BCUT2D eigenvalue weighted by Crippen LogP contribution is 2.20. The third-order valence-electron chi connectivity index (χ3n) is 2.85. The first-order valence-electron chi connectivity index (χ1n) is 5.84. The Morgan fingerprint density at radius 3 is 2.72 bits per heavy atom. The van der Waals surface area contributed by atoms with E-state index < -0.39 is 0 Å². The molecule has 0 aliphatic carbocycles. The van der Waals surface area contributed by atoms with E-state index in [1.165, 1.54) is 0 Å². The summed E-state index contributed by atoms with van der Waals surface area (Å²) in [6.07, 6.45) is 0. The quantitative estimate of drug-likeness (QED) is 0.793. The van der Waals surface area contributed by atoms with E-state index in [2.05, 4.69) is 5.32 Å². The van der Waals surface area contributed by atoms with Gasteiger partial charge in [0.15, 0.2) is 0 Å². The Hall–Kier alpha value is -1.62. The number of anilines is 1. The Labute approximate surface area is 113 Å². The fourth-order valence-corrected chi connectivity index (χ4v) is 1.75. The molecule has 0 saturated heterocycles. The predicted octanol–water partition coefficient (Wildman–Crippen LogP) is 1.52. The number of thiocarbonyl (C=S) groups is 1. The zero-order chi connectivity index (χ0) is 13.7. The molecule has 0 unspecified atom stereocenters. The zero-order valence-corrected chi connectivity index (χ0v) is 11.8. The normalized spacial score (nSPS) is 9.94. The van der Waals surface area contributed by atoms with Crippen LogP contribution >= 0.6 is 12.2 Å². The van der Waals surface area contributed by atoms with Crippen LogP contribution in [0.3, 0.4) is 0 Å². The second kappa shape index (κ2) is 6.35. The molecule has 0 spiro atoms. The van der Waals surface area contributed by atoms with E-state index in [9.17, 15) is 4.79 Å². The van der Waals surface area contributed by atoms with Gasteiger partial charge in [0.2, 0.25) is 5.91 Å². The highest BCUT2D eigenvalue weighted by atomic mass is 32.1. The average molecular weight is 265 g/mol. The van der Waals surface area contributed by atoms with Gasteiger partial charge in [-0.2, -0.15) is 0 Å². The topological polar surface area (TPSA) is 58.4 Å². The number of likely N-dealkylation sites (N-methyl/N-ethyl adjacent to an activating group) is 1. The third-order valence-corrected chi connectivity index (χ3v) is 3.07. The number of carbonyl (C=O) groups excluding carboxylic acids is 1. The molecule has 0 atom stereocenters. The number of nitrogens with zero attached hydrogens (tertiary/aromatic N) is 1. The minimum atomic E-state index is 0.0367. The molecule has 0 heterocycles. The molecule has 0 radical (unpaired) electrons. The molecule has 0 aliphatic rings. The van der Waals surface area contributed by atoms with Crippen LogP contribution in [0.15, 0.2) is 18.2 Å². The van der Waals surface area contributed by atoms with Gasteiger partial charge in [0.1, 0.15) is 4.99 Å². The number of nitrogens with one attached hydrogen (secondary N) is 1. The maximum atomic E-state index is 11.7. The van der Waals surface area contributed by atoms with E-state index in [-0.39, 0.29) is 12.5 Å². The van der Waals surface area contributed by atoms with Gasteiger partial charge in [0.05, 0.1) is 6.54 Å². The monoisotopic (exact) mass is 265 g/mol. The number of benzene rings is 1. The van der Waals surface area contributed by atoms with Crippen LogP contribution in [0.4, 0.5) is 5.69 Å². The van der Waals surface area contributed by atoms with Crippen LogP contribution in [0, 0.1) is 6.92 Å². The number of aryl methyl sites for hydroxylation is 1. The zero-order valence-electron chi connectivity index (χ0n) is 11.0. The van der Waals surface area contributed by atoms with Crippen molar-refractivity contribution in [3.8, 4) is 0 Å². The van der Waals surface area contributed by atoms with Gasteiger partial charge < -0.3 is 16.0 Å². The van der Waals surface area contributed by atoms with E-state index in [1.54, 1.807) is 11.9 Å². The fraction of sp³-hybridized carbons (Fsp3) is 0.385. The van der Waals surface area contributed by atoms with Crippen molar-refractivity contribution in [2.45, 2.75) is 13.8 Å². The van der Waals surface area contributed by atoms with Crippen molar-refractivity contribution in [1.29, 1.82) is 0 Å².